The minimum absolute atomic E-state index is 0.0113. The Hall–Kier alpha value is -2.86. The summed E-state index contributed by atoms with van der Waals surface area (Å²) in [6, 6.07) is 11.9. The number of amides is 2. The number of carbonyl (C=O) groups is 3. The summed E-state index contributed by atoms with van der Waals surface area (Å²) in [6.07, 6.45) is -0.0113. The lowest BCUT2D eigenvalue weighted by molar-refractivity contribution is -0.121. The Balaban J connectivity index is 1.84. The summed E-state index contributed by atoms with van der Waals surface area (Å²) in [7, 11) is 0. The Bertz CT molecular complexity index is 837. The molecule has 1 aliphatic heterocycles. The first-order valence-electron chi connectivity index (χ1n) is 7.18. The molecule has 6 nitrogen and oxygen atoms in total. The molecule has 24 heavy (non-hydrogen) atoms. The SMILES string of the molecule is O=C(O)c1cccc(N2C(=O)C[C@@H](Nc3cccc(Cl)c3)C2=O)c1. The molecule has 1 atom stereocenters. The Morgan fingerprint density at radius 1 is 1.17 bits per heavy atom. The van der Waals surface area contributed by atoms with Crippen molar-refractivity contribution < 1.29 is 19.5 Å². The van der Waals surface area contributed by atoms with Crippen molar-refractivity contribution in [2.75, 3.05) is 10.2 Å². The van der Waals surface area contributed by atoms with Crippen LogP contribution in [-0.4, -0.2) is 28.9 Å². The van der Waals surface area contributed by atoms with Crippen LogP contribution in [0.25, 0.3) is 0 Å². The van der Waals surface area contributed by atoms with E-state index in [9.17, 15) is 14.4 Å². The molecular formula is C17H13ClN2O4. The number of nitrogens with zero attached hydrogens (tertiary/aromatic N) is 1. The predicted molar refractivity (Wildman–Crippen MR) is 89.4 cm³/mol. The summed E-state index contributed by atoms with van der Waals surface area (Å²) in [6.45, 7) is 0. The monoisotopic (exact) mass is 344 g/mol. The molecule has 0 unspecified atom stereocenters. The van der Waals surface area contributed by atoms with Crippen LogP contribution >= 0.6 is 11.6 Å². The average molecular weight is 345 g/mol. The van der Waals surface area contributed by atoms with E-state index in [1.165, 1.54) is 24.3 Å². The van der Waals surface area contributed by atoms with E-state index >= 15 is 0 Å². The summed E-state index contributed by atoms with van der Waals surface area (Å²) in [5.41, 5.74) is 0.898. The van der Waals surface area contributed by atoms with Gasteiger partial charge >= 0.3 is 5.97 Å². The smallest absolute Gasteiger partial charge is 0.335 e. The molecule has 2 aromatic carbocycles. The van der Waals surface area contributed by atoms with Crippen LogP contribution in [0.1, 0.15) is 16.8 Å². The third kappa shape index (κ3) is 3.09. The Morgan fingerprint density at radius 3 is 2.62 bits per heavy atom. The third-order valence-electron chi connectivity index (χ3n) is 3.66. The zero-order chi connectivity index (χ0) is 17.3. The number of halogens is 1. The van der Waals surface area contributed by atoms with Gasteiger partial charge in [0.15, 0.2) is 0 Å². The van der Waals surface area contributed by atoms with Crippen molar-refractivity contribution >= 4 is 40.8 Å². The number of rotatable bonds is 4. The van der Waals surface area contributed by atoms with Gasteiger partial charge in [0.25, 0.3) is 5.91 Å². The second-order valence-electron chi connectivity index (χ2n) is 5.33. The number of imide groups is 1. The number of carboxylic acid groups (broad SMARTS) is 1. The summed E-state index contributed by atoms with van der Waals surface area (Å²) >= 11 is 5.91. The number of hydrogen-bond donors (Lipinski definition) is 2. The molecule has 2 N–H and O–H groups in total. The van der Waals surface area contributed by atoms with Gasteiger partial charge in [-0.3, -0.25) is 9.59 Å². The number of anilines is 2. The van der Waals surface area contributed by atoms with Crippen LogP contribution in [0.15, 0.2) is 48.5 Å². The van der Waals surface area contributed by atoms with E-state index in [0.29, 0.717) is 10.7 Å². The Labute approximate surface area is 142 Å². The van der Waals surface area contributed by atoms with Crippen molar-refractivity contribution in [2.24, 2.45) is 0 Å². The molecule has 1 saturated heterocycles. The lowest BCUT2D eigenvalue weighted by atomic mass is 10.2. The van der Waals surface area contributed by atoms with Crippen molar-refractivity contribution in [3.8, 4) is 0 Å². The number of nitrogens with one attached hydrogen (secondary N) is 1. The van der Waals surface area contributed by atoms with Gasteiger partial charge in [0, 0.05) is 10.7 Å². The predicted octanol–water partition coefficient (Wildman–Crippen LogP) is 2.78. The minimum Gasteiger partial charge on any atom is -0.478 e. The summed E-state index contributed by atoms with van der Waals surface area (Å²) in [5.74, 6) is -1.94. The van der Waals surface area contributed by atoms with Gasteiger partial charge in [-0.25, -0.2) is 9.69 Å². The molecule has 2 amide bonds. The van der Waals surface area contributed by atoms with E-state index in [2.05, 4.69) is 5.32 Å². The fraction of sp³-hybridized carbons (Fsp3) is 0.118. The maximum absolute atomic E-state index is 12.5. The van der Waals surface area contributed by atoms with Crippen molar-refractivity contribution in [1.82, 2.24) is 0 Å². The molecule has 0 aromatic heterocycles. The molecular weight excluding hydrogens is 332 g/mol. The van der Waals surface area contributed by atoms with E-state index in [1.54, 1.807) is 24.3 Å². The molecule has 122 valence electrons. The molecule has 3 rings (SSSR count). The van der Waals surface area contributed by atoms with Gasteiger partial charge in [-0.1, -0.05) is 23.7 Å². The zero-order valence-corrected chi connectivity index (χ0v) is 13.2. The molecule has 0 aliphatic carbocycles. The highest BCUT2D eigenvalue weighted by Gasteiger charge is 2.39. The van der Waals surface area contributed by atoms with E-state index < -0.39 is 17.9 Å². The van der Waals surface area contributed by atoms with Crippen molar-refractivity contribution in [1.29, 1.82) is 0 Å². The fourth-order valence-corrected chi connectivity index (χ4v) is 2.76. The first-order chi connectivity index (χ1) is 11.5. The van der Waals surface area contributed by atoms with Crippen LogP contribution in [-0.2, 0) is 9.59 Å². The van der Waals surface area contributed by atoms with Gasteiger partial charge in [0.2, 0.25) is 5.91 Å². The quantitative estimate of drug-likeness (QED) is 0.833. The van der Waals surface area contributed by atoms with Crippen molar-refractivity contribution in [3.05, 3.63) is 59.1 Å². The van der Waals surface area contributed by atoms with E-state index in [1.807, 2.05) is 0 Å². The van der Waals surface area contributed by atoms with Crippen LogP contribution in [0, 0.1) is 0 Å². The van der Waals surface area contributed by atoms with Gasteiger partial charge in [0.05, 0.1) is 17.7 Å². The van der Waals surface area contributed by atoms with Crippen LogP contribution in [0.2, 0.25) is 5.02 Å². The second kappa shape index (κ2) is 6.33. The Morgan fingerprint density at radius 2 is 1.92 bits per heavy atom. The van der Waals surface area contributed by atoms with E-state index in [-0.39, 0.29) is 23.6 Å². The van der Waals surface area contributed by atoms with E-state index in [0.717, 1.165) is 4.90 Å². The minimum atomic E-state index is -1.12. The summed E-state index contributed by atoms with van der Waals surface area (Å²) < 4.78 is 0. The lowest BCUT2D eigenvalue weighted by Crippen LogP contribution is -2.34. The molecule has 0 saturated carbocycles. The average Bonchev–Trinajstić information content (AvgIpc) is 2.81. The maximum Gasteiger partial charge on any atom is 0.335 e. The largest absolute Gasteiger partial charge is 0.478 e. The third-order valence-corrected chi connectivity index (χ3v) is 3.90. The van der Waals surface area contributed by atoms with Crippen molar-refractivity contribution in [3.63, 3.8) is 0 Å². The molecule has 1 aliphatic rings. The number of carbonyl (C=O) groups excluding carboxylic acids is 2. The van der Waals surface area contributed by atoms with Crippen LogP contribution < -0.4 is 10.2 Å². The Kier molecular flexibility index (Phi) is 4.22. The van der Waals surface area contributed by atoms with Gasteiger partial charge in [0.1, 0.15) is 6.04 Å². The standard InChI is InChI=1S/C17H13ClN2O4/c18-11-4-2-5-12(8-11)19-14-9-15(21)20(16(14)22)13-6-1-3-10(7-13)17(23)24/h1-8,14,19H,9H2,(H,23,24)/t14-/m1/s1. The molecule has 2 aromatic rings. The highest BCUT2D eigenvalue weighted by atomic mass is 35.5. The molecule has 0 spiro atoms. The molecule has 1 fully saturated rings. The summed E-state index contributed by atoms with van der Waals surface area (Å²) in [4.78, 5) is 36.8. The van der Waals surface area contributed by atoms with Crippen LogP contribution in [0.4, 0.5) is 11.4 Å². The normalized spacial score (nSPS) is 17.2. The lowest BCUT2D eigenvalue weighted by Gasteiger charge is -2.16. The van der Waals surface area contributed by atoms with Gasteiger partial charge in [-0.05, 0) is 36.4 Å². The fourth-order valence-electron chi connectivity index (χ4n) is 2.57. The molecule has 1 heterocycles. The zero-order valence-electron chi connectivity index (χ0n) is 12.4. The first kappa shape index (κ1) is 16.0. The number of carboxylic acids is 1. The molecule has 0 radical (unpaired) electrons. The van der Waals surface area contributed by atoms with Gasteiger partial charge in [-0.2, -0.15) is 0 Å². The highest BCUT2D eigenvalue weighted by molar-refractivity contribution is 6.30. The molecule has 7 heteroatoms. The second-order valence-corrected chi connectivity index (χ2v) is 5.77. The topological polar surface area (TPSA) is 86.7 Å². The van der Waals surface area contributed by atoms with Crippen LogP contribution in [0.5, 0.6) is 0 Å². The number of aromatic carboxylic acids is 1. The van der Waals surface area contributed by atoms with E-state index in [4.69, 9.17) is 16.7 Å². The highest BCUT2D eigenvalue weighted by Crippen LogP contribution is 2.26. The van der Waals surface area contributed by atoms with Gasteiger partial charge in [-0.15, -0.1) is 0 Å². The number of benzene rings is 2. The van der Waals surface area contributed by atoms with Gasteiger partial charge < -0.3 is 10.4 Å². The first-order valence-corrected chi connectivity index (χ1v) is 7.56. The summed E-state index contributed by atoms with van der Waals surface area (Å²) in [5, 5.41) is 12.5. The van der Waals surface area contributed by atoms with Crippen LogP contribution in [0.3, 0.4) is 0 Å². The van der Waals surface area contributed by atoms with Crippen molar-refractivity contribution in [2.45, 2.75) is 12.5 Å². The maximum atomic E-state index is 12.5. The molecule has 0 bridgehead atoms. The number of hydrogen-bond acceptors (Lipinski definition) is 4.